The van der Waals surface area contributed by atoms with Crippen molar-refractivity contribution in [3.63, 3.8) is 0 Å². The van der Waals surface area contributed by atoms with E-state index < -0.39 is 42.8 Å². The Morgan fingerprint density at radius 2 is 0.880 bits per heavy atom. The van der Waals surface area contributed by atoms with Crippen LogP contribution in [0.2, 0.25) is 32.7 Å². The predicted octanol–water partition coefficient (Wildman–Crippen LogP) is 4.07. The molecule has 1 atom stereocenters. The van der Waals surface area contributed by atoms with E-state index in [9.17, 15) is 0 Å². The lowest BCUT2D eigenvalue weighted by Gasteiger charge is -2.46. The van der Waals surface area contributed by atoms with Gasteiger partial charge in [0.1, 0.15) is 0 Å². The molecule has 1 aliphatic rings. The highest BCUT2D eigenvalue weighted by atomic mass is 28.5. The topological polar surface area (TPSA) is 46.2 Å². The van der Waals surface area contributed by atoms with E-state index >= 15 is 0 Å². The summed E-state index contributed by atoms with van der Waals surface area (Å²) in [5.74, 6) is 0. The van der Waals surface area contributed by atoms with Crippen LogP contribution in [0.5, 0.6) is 0 Å². The first-order chi connectivity index (χ1) is 11.3. The molecule has 0 aromatic rings. The van der Waals surface area contributed by atoms with Crippen molar-refractivity contribution in [2.75, 3.05) is 0 Å². The average Bonchev–Trinajstić information content (AvgIpc) is 2.50. The first-order valence-corrected chi connectivity index (χ1v) is 20.0. The zero-order valence-electron chi connectivity index (χ0n) is 16.0. The van der Waals surface area contributed by atoms with Crippen molar-refractivity contribution in [2.45, 2.75) is 32.7 Å². The standard InChI is InChI=1S/C15H30O5Si5/c1-11-23(10)17-21(6,7)16-22(8,9)18-24(12-2,13-3)20-25(14-4,15-5)19-23/h11-15H,1-5H2,6-10H3. The van der Waals surface area contributed by atoms with Crippen molar-refractivity contribution < 1.29 is 20.6 Å². The number of hydrogen-bond acceptors (Lipinski definition) is 5. The van der Waals surface area contributed by atoms with Gasteiger partial charge in [-0.3, -0.25) is 0 Å². The maximum Gasteiger partial charge on any atom is 0.374 e. The molecule has 1 unspecified atom stereocenters. The van der Waals surface area contributed by atoms with Crippen LogP contribution >= 0.6 is 0 Å². The molecule has 1 rings (SSSR count). The maximum absolute atomic E-state index is 6.44. The molecule has 25 heavy (non-hydrogen) atoms. The zero-order chi connectivity index (χ0) is 19.6. The van der Waals surface area contributed by atoms with E-state index in [0.717, 1.165) is 0 Å². The van der Waals surface area contributed by atoms with Crippen molar-refractivity contribution in [1.82, 2.24) is 0 Å². The van der Waals surface area contributed by atoms with Gasteiger partial charge in [0.15, 0.2) is 0 Å². The van der Waals surface area contributed by atoms with Crippen molar-refractivity contribution in [1.29, 1.82) is 0 Å². The highest BCUT2D eigenvalue weighted by molar-refractivity contribution is 6.99. The van der Waals surface area contributed by atoms with Gasteiger partial charge < -0.3 is 20.6 Å². The summed E-state index contributed by atoms with van der Waals surface area (Å²) in [5, 5.41) is 0. The van der Waals surface area contributed by atoms with Crippen LogP contribution in [0.3, 0.4) is 0 Å². The molecular weight excluding hydrogens is 401 g/mol. The summed E-state index contributed by atoms with van der Waals surface area (Å²) in [6.45, 7) is 29.5. The van der Waals surface area contributed by atoms with Gasteiger partial charge in [0.25, 0.3) is 0 Å². The van der Waals surface area contributed by atoms with Gasteiger partial charge in [-0.05, 0) is 55.5 Å². The highest BCUT2D eigenvalue weighted by Gasteiger charge is 2.54. The van der Waals surface area contributed by atoms with Gasteiger partial charge in [0.05, 0.1) is 0 Å². The summed E-state index contributed by atoms with van der Waals surface area (Å²) in [4.78, 5) is 0. The van der Waals surface area contributed by atoms with E-state index in [1.807, 2.05) is 32.7 Å². The quantitative estimate of drug-likeness (QED) is 0.615. The highest BCUT2D eigenvalue weighted by Crippen LogP contribution is 2.32. The van der Waals surface area contributed by atoms with Crippen LogP contribution in [-0.4, -0.2) is 42.8 Å². The van der Waals surface area contributed by atoms with Gasteiger partial charge in [0.2, 0.25) is 0 Å². The fourth-order valence-electron chi connectivity index (χ4n) is 2.72. The van der Waals surface area contributed by atoms with E-state index in [-0.39, 0.29) is 0 Å². The Balaban J connectivity index is 3.60. The van der Waals surface area contributed by atoms with Gasteiger partial charge in [-0.1, -0.05) is 5.70 Å². The van der Waals surface area contributed by atoms with Gasteiger partial charge >= 0.3 is 42.8 Å². The third-order valence-corrected chi connectivity index (χ3v) is 22.8. The fourth-order valence-corrected chi connectivity index (χ4v) is 25.3. The molecule has 0 aliphatic carbocycles. The normalized spacial score (nSPS) is 30.4. The summed E-state index contributed by atoms with van der Waals surface area (Å²) >= 11 is 0. The lowest BCUT2D eigenvalue weighted by atomic mass is 11.2. The minimum absolute atomic E-state index is 1.68. The van der Waals surface area contributed by atoms with E-state index in [2.05, 4.69) is 32.9 Å². The first-order valence-electron chi connectivity index (χ1n) is 8.03. The third kappa shape index (κ3) is 5.53. The van der Waals surface area contributed by atoms with Crippen LogP contribution in [0.1, 0.15) is 0 Å². The molecule has 1 saturated heterocycles. The third-order valence-electron chi connectivity index (χ3n) is 3.54. The fraction of sp³-hybridized carbons (Fsp3) is 0.333. The monoisotopic (exact) mass is 430 g/mol. The second-order valence-electron chi connectivity index (χ2n) is 6.79. The Hall–Kier alpha value is -0.416. The Labute approximate surface area is 157 Å². The van der Waals surface area contributed by atoms with E-state index in [1.165, 1.54) is 0 Å². The molecular formula is C15H30O5Si5. The molecule has 0 saturated carbocycles. The molecule has 0 bridgehead atoms. The van der Waals surface area contributed by atoms with Crippen LogP contribution in [0.4, 0.5) is 0 Å². The molecule has 1 heterocycles. The Kier molecular flexibility index (Phi) is 6.95. The van der Waals surface area contributed by atoms with Gasteiger partial charge in [-0.25, -0.2) is 0 Å². The lowest BCUT2D eigenvalue weighted by molar-refractivity contribution is 0.251. The molecule has 1 aliphatic heterocycles. The second kappa shape index (κ2) is 7.68. The Morgan fingerprint density at radius 3 is 1.28 bits per heavy atom. The van der Waals surface area contributed by atoms with E-state index in [1.54, 1.807) is 28.5 Å². The summed E-state index contributed by atoms with van der Waals surface area (Å²) in [6, 6.07) is 0. The summed E-state index contributed by atoms with van der Waals surface area (Å²) < 4.78 is 32.0. The first kappa shape index (κ1) is 22.6. The molecule has 140 valence electrons. The molecule has 0 amide bonds. The smallest absolute Gasteiger partial charge is 0.374 e. The van der Waals surface area contributed by atoms with Crippen LogP contribution in [0.15, 0.2) is 61.4 Å². The van der Waals surface area contributed by atoms with Crippen molar-refractivity contribution in [2.24, 2.45) is 0 Å². The molecule has 1 fully saturated rings. The average molecular weight is 431 g/mol. The predicted molar refractivity (Wildman–Crippen MR) is 115 cm³/mol. The molecule has 0 N–H and O–H groups in total. The number of hydrogen-bond donors (Lipinski definition) is 0. The minimum atomic E-state index is -3.05. The van der Waals surface area contributed by atoms with Crippen molar-refractivity contribution in [3.8, 4) is 0 Å². The summed E-state index contributed by atoms with van der Waals surface area (Å²) in [6.07, 6.45) is 0. The molecule has 0 aromatic heterocycles. The molecule has 10 heteroatoms. The minimum Gasteiger partial charge on any atom is -0.416 e. The summed E-state index contributed by atoms with van der Waals surface area (Å²) in [7, 11) is -14.0. The largest absolute Gasteiger partial charge is 0.416 e. The van der Waals surface area contributed by atoms with Crippen molar-refractivity contribution >= 4 is 42.8 Å². The van der Waals surface area contributed by atoms with Gasteiger partial charge in [-0.2, -0.15) is 0 Å². The summed E-state index contributed by atoms with van der Waals surface area (Å²) in [5.41, 5.74) is 8.50. The Bertz CT molecular complexity index is 561. The van der Waals surface area contributed by atoms with Gasteiger partial charge in [0, 0.05) is 0 Å². The van der Waals surface area contributed by atoms with E-state index in [4.69, 9.17) is 20.6 Å². The van der Waals surface area contributed by atoms with E-state index in [0.29, 0.717) is 0 Å². The molecule has 5 nitrogen and oxygen atoms in total. The molecule has 0 radical (unpaired) electrons. The SMILES string of the molecule is C=C[Si]1(C)O[Si](C)(C)O[Si](C)(C)O[Si](C=C)(C=C)O[Si](C=C)(C=C)O1. The van der Waals surface area contributed by atoms with Crippen LogP contribution in [-0.2, 0) is 20.6 Å². The lowest BCUT2D eigenvalue weighted by Crippen LogP contribution is -2.65. The maximum atomic E-state index is 6.44. The second-order valence-corrected chi connectivity index (χ2v) is 23.4. The zero-order valence-corrected chi connectivity index (χ0v) is 21.0. The molecule has 0 aromatic carbocycles. The Morgan fingerprint density at radius 1 is 0.480 bits per heavy atom. The van der Waals surface area contributed by atoms with Crippen LogP contribution in [0.25, 0.3) is 0 Å². The van der Waals surface area contributed by atoms with Gasteiger partial charge in [-0.15, -0.1) is 32.9 Å². The molecule has 0 spiro atoms. The van der Waals surface area contributed by atoms with Crippen molar-refractivity contribution in [3.05, 3.63) is 61.4 Å². The number of rotatable bonds is 5. The van der Waals surface area contributed by atoms with Crippen LogP contribution in [0, 0.1) is 0 Å². The van der Waals surface area contributed by atoms with Crippen LogP contribution < -0.4 is 0 Å².